The number of carbonyl (C=O) groups excluding carboxylic acids is 3. The average molecular weight is 340 g/mol. The van der Waals surface area contributed by atoms with Crippen LogP contribution in [0.5, 0.6) is 0 Å². The normalized spacial score (nSPS) is 15.0. The van der Waals surface area contributed by atoms with E-state index in [2.05, 4.69) is 0 Å². The Morgan fingerprint density at radius 3 is 1.65 bits per heavy atom. The molecule has 126 valence electrons. The summed E-state index contributed by atoms with van der Waals surface area (Å²) >= 11 is 0. The minimum absolute atomic E-state index is 0.315. The van der Waals surface area contributed by atoms with E-state index in [1.807, 2.05) is 42.5 Å². The maximum absolute atomic E-state index is 13.3. The molecule has 0 saturated heterocycles. The van der Waals surface area contributed by atoms with E-state index in [1.165, 1.54) is 6.92 Å². The number of carbonyl (C=O) groups is 3. The van der Waals surface area contributed by atoms with E-state index >= 15 is 0 Å². The van der Waals surface area contributed by atoms with Crippen LogP contribution in [0, 0.1) is 0 Å². The first-order valence-corrected chi connectivity index (χ1v) is 8.43. The molecule has 0 aromatic heterocycles. The fourth-order valence-corrected chi connectivity index (χ4v) is 3.82. The van der Waals surface area contributed by atoms with Crippen molar-refractivity contribution < 1.29 is 14.4 Å². The Hall–Kier alpha value is -3.33. The standard InChI is InChI=1S/C23H16O3/c1-15(24)23(21(25)18-12-5-6-13-19(18)22(23)26)20-14-8-7-11-17(20)16-9-3-2-4-10-16/h2-14H,1H3. The highest BCUT2D eigenvalue weighted by atomic mass is 16.2. The molecular formula is C23H16O3. The molecular weight excluding hydrogens is 324 g/mol. The zero-order chi connectivity index (χ0) is 18.3. The molecule has 0 amide bonds. The Balaban J connectivity index is 2.04. The number of ketones is 3. The summed E-state index contributed by atoms with van der Waals surface area (Å²) in [5.41, 5.74) is 0.852. The van der Waals surface area contributed by atoms with E-state index in [1.54, 1.807) is 36.4 Å². The molecule has 4 rings (SSSR count). The van der Waals surface area contributed by atoms with Crippen LogP contribution >= 0.6 is 0 Å². The van der Waals surface area contributed by atoms with Gasteiger partial charge in [0.1, 0.15) is 0 Å². The van der Waals surface area contributed by atoms with Crippen molar-refractivity contribution in [3.8, 4) is 11.1 Å². The number of benzene rings is 3. The van der Waals surface area contributed by atoms with Crippen LogP contribution in [-0.2, 0) is 10.2 Å². The molecule has 1 aliphatic carbocycles. The van der Waals surface area contributed by atoms with E-state index < -0.39 is 22.8 Å². The summed E-state index contributed by atoms with van der Waals surface area (Å²) in [6.45, 7) is 1.32. The van der Waals surface area contributed by atoms with Gasteiger partial charge in [-0.25, -0.2) is 0 Å². The minimum Gasteiger partial charge on any atom is -0.298 e. The minimum atomic E-state index is -1.81. The summed E-state index contributed by atoms with van der Waals surface area (Å²) in [5, 5.41) is 0. The van der Waals surface area contributed by atoms with Crippen LogP contribution in [0.3, 0.4) is 0 Å². The quantitative estimate of drug-likeness (QED) is 0.670. The van der Waals surface area contributed by atoms with E-state index in [0.29, 0.717) is 16.7 Å². The topological polar surface area (TPSA) is 51.2 Å². The molecule has 0 aliphatic heterocycles. The molecule has 0 saturated carbocycles. The number of rotatable bonds is 3. The predicted octanol–water partition coefficient (Wildman–Crippen LogP) is 4.26. The van der Waals surface area contributed by atoms with Crippen LogP contribution in [-0.4, -0.2) is 17.3 Å². The monoisotopic (exact) mass is 340 g/mol. The van der Waals surface area contributed by atoms with Gasteiger partial charge < -0.3 is 0 Å². The second-order valence-corrected chi connectivity index (χ2v) is 6.42. The smallest absolute Gasteiger partial charge is 0.189 e. The highest BCUT2D eigenvalue weighted by Gasteiger charge is 2.58. The maximum atomic E-state index is 13.3. The van der Waals surface area contributed by atoms with Crippen LogP contribution in [0.25, 0.3) is 11.1 Å². The summed E-state index contributed by atoms with van der Waals surface area (Å²) in [6, 6.07) is 23.3. The molecule has 26 heavy (non-hydrogen) atoms. The Kier molecular flexibility index (Phi) is 3.66. The molecule has 3 nitrogen and oxygen atoms in total. The van der Waals surface area contributed by atoms with Crippen molar-refractivity contribution >= 4 is 17.3 Å². The molecule has 0 unspecified atom stereocenters. The van der Waals surface area contributed by atoms with Gasteiger partial charge in [0, 0.05) is 11.1 Å². The van der Waals surface area contributed by atoms with E-state index in [0.717, 1.165) is 11.1 Å². The molecule has 0 atom stereocenters. The highest BCUT2D eigenvalue weighted by Crippen LogP contribution is 2.44. The lowest BCUT2D eigenvalue weighted by Gasteiger charge is -2.26. The number of hydrogen-bond acceptors (Lipinski definition) is 3. The summed E-state index contributed by atoms with van der Waals surface area (Å²) in [7, 11) is 0. The first kappa shape index (κ1) is 16.2. The van der Waals surface area contributed by atoms with Crippen molar-refractivity contribution in [3.63, 3.8) is 0 Å². The second kappa shape index (κ2) is 5.88. The van der Waals surface area contributed by atoms with Gasteiger partial charge in [0.25, 0.3) is 0 Å². The van der Waals surface area contributed by atoms with Gasteiger partial charge in [0.05, 0.1) is 0 Å². The Bertz CT molecular complexity index is 1010. The largest absolute Gasteiger partial charge is 0.298 e. The zero-order valence-corrected chi connectivity index (χ0v) is 14.2. The zero-order valence-electron chi connectivity index (χ0n) is 14.2. The van der Waals surface area contributed by atoms with Crippen molar-refractivity contribution in [1.29, 1.82) is 0 Å². The predicted molar refractivity (Wildman–Crippen MR) is 99.3 cm³/mol. The molecule has 0 N–H and O–H groups in total. The van der Waals surface area contributed by atoms with Gasteiger partial charge in [0.2, 0.25) is 0 Å². The summed E-state index contributed by atoms with van der Waals surface area (Å²) < 4.78 is 0. The van der Waals surface area contributed by atoms with Crippen LogP contribution in [0.4, 0.5) is 0 Å². The average Bonchev–Trinajstić information content (AvgIpc) is 2.91. The molecule has 3 aromatic rings. The molecule has 1 aliphatic rings. The van der Waals surface area contributed by atoms with Gasteiger partial charge >= 0.3 is 0 Å². The summed E-state index contributed by atoms with van der Waals surface area (Å²) in [5.74, 6) is -1.32. The van der Waals surface area contributed by atoms with Crippen molar-refractivity contribution in [2.45, 2.75) is 12.3 Å². The lowest BCUT2D eigenvalue weighted by molar-refractivity contribution is -0.119. The van der Waals surface area contributed by atoms with Crippen molar-refractivity contribution in [2.75, 3.05) is 0 Å². The molecule has 0 heterocycles. The summed E-state index contributed by atoms with van der Waals surface area (Å²) in [4.78, 5) is 39.4. The van der Waals surface area contributed by atoms with Crippen LogP contribution < -0.4 is 0 Å². The van der Waals surface area contributed by atoms with E-state index in [9.17, 15) is 14.4 Å². The third kappa shape index (κ3) is 2.04. The van der Waals surface area contributed by atoms with Crippen molar-refractivity contribution in [1.82, 2.24) is 0 Å². The summed E-state index contributed by atoms with van der Waals surface area (Å²) in [6.07, 6.45) is 0. The Morgan fingerprint density at radius 2 is 1.12 bits per heavy atom. The highest BCUT2D eigenvalue weighted by molar-refractivity contribution is 6.43. The molecule has 0 radical (unpaired) electrons. The second-order valence-electron chi connectivity index (χ2n) is 6.42. The van der Waals surface area contributed by atoms with Gasteiger partial charge in [-0.15, -0.1) is 0 Å². The Morgan fingerprint density at radius 1 is 0.654 bits per heavy atom. The van der Waals surface area contributed by atoms with Gasteiger partial charge in [-0.3, -0.25) is 14.4 Å². The molecule has 0 bridgehead atoms. The lowest BCUT2D eigenvalue weighted by Crippen LogP contribution is -2.45. The number of hydrogen-bond donors (Lipinski definition) is 0. The maximum Gasteiger partial charge on any atom is 0.189 e. The van der Waals surface area contributed by atoms with Gasteiger partial charge in [-0.05, 0) is 23.6 Å². The Labute approximate surface area is 151 Å². The van der Waals surface area contributed by atoms with E-state index in [-0.39, 0.29) is 0 Å². The van der Waals surface area contributed by atoms with Crippen molar-refractivity contribution in [2.24, 2.45) is 0 Å². The molecule has 0 fully saturated rings. The molecule has 3 aromatic carbocycles. The van der Waals surface area contributed by atoms with Crippen LogP contribution in [0.15, 0.2) is 78.9 Å². The van der Waals surface area contributed by atoms with Crippen LogP contribution in [0.1, 0.15) is 33.2 Å². The third-order valence-corrected chi connectivity index (χ3v) is 5.04. The van der Waals surface area contributed by atoms with Gasteiger partial charge in [0.15, 0.2) is 22.8 Å². The van der Waals surface area contributed by atoms with Gasteiger partial charge in [-0.2, -0.15) is 0 Å². The molecule has 0 spiro atoms. The van der Waals surface area contributed by atoms with E-state index in [4.69, 9.17) is 0 Å². The fraction of sp³-hybridized carbons (Fsp3) is 0.0870. The fourth-order valence-electron chi connectivity index (χ4n) is 3.82. The first-order valence-electron chi connectivity index (χ1n) is 8.43. The third-order valence-electron chi connectivity index (χ3n) is 5.04. The van der Waals surface area contributed by atoms with Crippen molar-refractivity contribution in [3.05, 3.63) is 95.6 Å². The lowest BCUT2D eigenvalue weighted by atomic mass is 9.70. The molecule has 3 heteroatoms. The number of Topliss-reactive ketones (excluding diaryl/α,β-unsaturated/α-hetero) is 3. The SMILES string of the molecule is CC(=O)C1(c2ccccc2-c2ccccc2)C(=O)c2ccccc2C1=O. The number of fused-ring (bicyclic) bond motifs is 1. The first-order chi connectivity index (χ1) is 12.6. The van der Waals surface area contributed by atoms with Crippen LogP contribution in [0.2, 0.25) is 0 Å². The van der Waals surface area contributed by atoms with Gasteiger partial charge in [-0.1, -0.05) is 78.9 Å².